The molecular formula is C9H10N3O2+. The van der Waals surface area contributed by atoms with Gasteiger partial charge >= 0.3 is 0 Å². The predicted molar refractivity (Wildman–Crippen MR) is 46.6 cm³/mol. The Balaban J connectivity index is 2.51. The van der Waals surface area contributed by atoms with E-state index in [0.29, 0.717) is 17.3 Å². The van der Waals surface area contributed by atoms with Gasteiger partial charge in [0, 0.05) is 10.3 Å². The van der Waals surface area contributed by atoms with E-state index in [2.05, 4.69) is 10.1 Å². The third-order valence-electron chi connectivity index (χ3n) is 1.76. The zero-order chi connectivity index (χ0) is 10.1. The molecule has 0 unspecified atom stereocenters. The molecule has 0 aromatic carbocycles. The van der Waals surface area contributed by atoms with Crippen LogP contribution < -0.4 is 4.73 Å². The summed E-state index contributed by atoms with van der Waals surface area (Å²) in [5, 5.41) is 13.0. The van der Waals surface area contributed by atoms with E-state index in [1.165, 1.54) is 6.20 Å². The van der Waals surface area contributed by atoms with Gasteiger partial charge in [-0.3, -0.25) is 5.21 Å². The minimum Gasteiger partial charge on any atom is -0.334 e. The third-order valence-corrected chi connectivity index (χ3v) is 1.76. The van der Waals surface area contributed by atoms with Crippen LogP contribution in [0.25, 0.3) is 11.5 Å². The molecule has 0 fully saturated rings. The smallest absolute Gasteiger partial charge is 0.264 e. The van der Waals surface area contributed by atoms with E-state index in [9.17, 15) is 5.21 Å². The lowest BCUT2D eigenvalue weighted by Crippen LogP contribution is -2.29. The number of aryl methyl sites for hydroxylation is 2. The first-order valence-corrected chi connectivity index (χ1v) is 4.18. The maximum Gasteiger partial charge on any atom is 0.264 e. The quantitative estimate of drug-likeness (QED) is 0.538. The highest BCUT2D eigenvalue weighted by Gasteiger charge is 2.11. The van der Waals surface area contributed by atoms with Gasteiger partial charge in [-0.15, -0.1) is 0 Å². The second kappa shape index (κ2) is 3.10. The standard InChI is InChI=1S/C9H10N3O2/c1-6-3-8(5-12(13)4-6)9-10-7(2)11-14-9/h3-5,13H,1-2H3/q+1. The van der Waals surface area contributed by atoms with Gasteiger partial charge in [-0.1, -0.05) is 5.16 Å². The molecular weight excluding hydrogens is 182 g/mol. The van der Waals surface area contributed by atoms with Gasteiger partial charge in [0.1, 0.15) is 5.56 Å². The molecule has 0 spiro atoms. The maximum atomic E-state index is 9.29. The van der Waals surface area contributed by atoms with Crippen molar-refractivity contribution in [1.29, 1.82) is 0 Å². The van der Waals surface area contributed by atoms with E-state index in [4.69, 9.17) is 4.52 Å². The van der Waals surface area contributed by atoms with Crippen LogP contribution in [0.1, 0.15) is 11.4 Å². The topological polar surface area (TPSA) is 63.0 Å². The van der Waals surface area contributed by atoms with Gasteiger partial charge in [-0.05, 0) is 19.9 Å². The summed E-state index contributed by atoms with van der Waals surface area (Å²) in [7, 11) is 0. The fourth-order valence-electron chi connectivity index (χ4n) is 1.24. The zero-order valence-corrected chi connectivity index (χ0v) is 7.93. The van der Waals surface area contributed by atoms with Gasteiger partial charge in [0.2, 0.25) is 12.4 Å². The van der Waals surface area contributed by atoms with Crippen molar-refractivity contribution in [3.8, 4) is 11.5 Å². The molecule has 2 rings (SSSR count). The van der Waals surface area contributed by atoms with Crippen molar-refractivity contribution in [3.63, 3.8) is 0 Å². The number of nitrogens with zero attached hydrogens (tertiary/aromatic N) is 3. The lowest BCUT2D eigenvalue weighted by atomic mass is 10.2. The molecule has 0 aliphatic heterocycles. The molecule has 2 aromatic rings. The molecule has 0 bridgehead atoms. The molecule has 5 heteroatoms. The highest BCUT2D eigenvalue weighted by atomic mass is 16.5. The third kappa shape index (κ3) is 1.56. The fourth-order valence-corrected chi connectivity index (χ4v) is 1.24. The van der Waals surface area contributed by atoms with Crippen LogP contribution >= 0.6 is 0 Å². The molecule has 0 radical (unpaired) electrons. The van der Waals surface area contributed by atoms with Crippen molar-refractivity contribution >= 4 is 0 Å². The lowest BCUT2D eigenvalue weighted by molar-refractivity contribution is -0.904. The molecule has 0 atom stereocenters. The number of rotatable bonds is 1. The Labute approximate surface area is 80.6 Å². The summed E-state index contributed by atoms with van der Waals surface area (Å²) < 4.78 is 5.95. The van der Waals surface area contributed by atoms with Crippen molar-refractivity contribution in [2.24, 2.45) is 0 Å². The summed E-state index contributed by atoms with van der Waals surface area (Å²) in [6.07, 6.45) is 3.10. The Bertz CT molecular complexity index is 445. The summed E-state index contributed by atoms with van der Waals surface area (Å²) in [4.78, 5) is 4.06. The minimum absolute atomic E-state index is 0.411. The van der Waals surface area contributed by atoms with E-state index >= 15 is 0 Å². The van der Waals surface area contributed by atoms with Crippen molar-refractivity contribution in [2.75, 3.05) is 0 Å². The Kier molecular flexibility index (Phi) is 1.92. The normalized spacial score (nSPS) is 10.4. The van der Waals surface area contributed by atoms with Crippen LogP contribution in [0.2, 0.25) is 0 Å². The number of hydrogen-bond acceptors (Lipinski definition) is 4. The molecule has 2 heterocycles. The second-order valence-electron chi connectivity index (χ2n) is 3.13. The van der Waals surface area contributed by atoms with Gasteiger partial charge in [0.05, 0.1) is 0 Å². The number of aromatic nitrogens is 3. The van der Waals surface area contributed by atoms with Crippen molar-refractivity contribution in [3.05, 3.63) is 29.8 Å². The van der Waals surface area contributed by atoms with Crippen LogP contribution in [0.5, 0.6) is 0 Å². The minimum atomic E-state index is 0.411. The Morgan fingerprint density at radius 3 is 2.71 bits per heavy atom. The van der Waals surface area contributed by atoms with Crippen LogP contribution in [0.15, 0.2) is 23.0 Å². The Morgan fingerprint density at radius 2 is 2.14 bits per heavy atom. The zero-order valence-electron chi connectivity index (χ0n) is 7.93. The van der Waals surface area contributed by atoms with Crippen LogP contribution in [-0.2, 0) is 0 Å². The monoisotopic (exact) mass is 192 g/mol. The van der Waals surface area contributed by atoms with Gasteiger partial charge < -0.3 is 4.52 Å². The largest absolute Gasteiger partial charge is 0.334 e. The van der Waals surface area contributed by atoms with Crippen molar-refractivity contribution < 1.29 is 14.5 Å². The van der Waals surface area contributed by atoms with Gasteiger partial charge in [-0.2, -0.15) is 4.98 Å². The SMILES string of the molecule is Cc1cc(-c2nc(C)no2)c[n+](O)c1. The van der Waals surface area contributed by atoms with Crippen LogP contribution in [0.3, 0.4) is 0 Å². The summed E-state index contributed by atoms with van der Waals surface area (Å²) >= 11 is 0. The van der Waals surface area contributed by atoms with Crippen LogP contribution in [-0.4, -0.2) is 15.3 Å². The highest BCUT2D eigenvalue weighted by Crippen LogP contribution is 2.15. The predicted octanol–water partition coefficient (Wildman–Crippen LogP) is 0.878. The Morgan fingerprint density at radius 1 is 1.36 bits per heavy atom. The summed E-state index contributed by atoms with van der Waals surface area (Å²) in [6.45, 7) is 3.62. The van der Waals surface area contributed by atoms with Crippen LogP contribution in [0.4, 0.5) is 0 Å². The molecule has 5 nitrogen and oxygen atoms in total. The van der Waals surface area contributed by atoms with Gasteiger partial charge in [0.15, 0.2) is 5.82 Å². The molecule has 0 aliphatic rings. The van der Waals surface area contributed by atoms with Gasteiger partial charge in [-0.25, -0.2) is 0 Å². The number of pyridine rings is 1. The second-order valence-corrected chi connectivity index (χ2v) is 3.13. The van der Waals surface area contributed by atoms with E-state index in [1.807, 2.05) is 13.0 Å². The molecule has 0 saturated heterocycles. The van der Waals surface area contributed by atoms with E-state index in [0.717, 1.165) is 10.3 Å². The van der Waals surface area contributed by atoms with E-state index in [-0.39, 0.29) is 0 Å². The highest BCUT2D eigenvalue weighted by molar-refractivity contribution is 5.50. The van der Waals surface area contributed by atoms with Crippen molar-refractivity contribution in [1.82, 2.24) is 10.1 Å². The first-order chi connectivity index (χ1) is 6.65. The molecule has 0 aliphatic carbocycles. The number of hydrogen-bond donors (Lipinski definition) is 1. The summed E-state index contributed by atoms with van der Waals surface area (Å²) in [5.74, 6) is 0.986. The summed E-state index contributed by atoms with van der Waals surface area (Å²) in [5.41, 5.74) is 1.62. The molecule has 0 amide bonds. The molecule has 72 valence electrons. The molecule has 14 heavy (non-hydrogen) atoms. The fraction of sp³-hybridized carbons (Fsp3) is 0.222. The lowest BCUT2D eigenvalue weighted by Gasteiger charge is -1.92. The van der Waals surface area contributed by atoms with E-state index < -0.39 is 0 Å². The maximum absolute atomic E-state index is 9.29. The average molecular weight is 192 g/mol. The first kappa shape index (κ1) is 8.68. The van der Waals surface area contributed by atoms with Gasteiger partial charge in [0.25, 0.3) is 5.89 Å². The molecule has 0 saturated carbocycles. The summed E-state index contributed by atoms with van der Waals surface area (Å²) in [6, 6.07) is 1.86. The van der Waals surface area contributed by atoms with Crippen molar-refractivity contribution in [2.45, 2.75) is 13.8 Å². The Hall–Kier alpha value is -1.91. The average Bonchev–Trinajstić information content (AvgIpc) is 2.50. The van der Waals surface area contributed by atoms with E-state index in [1.54, 1.807) is 13.1 Å². The molecule has 2 aromatic heterocycles. The molecule has 1 N–H and O–H groups in total. The first-order valence-electron chi connectivity index (χ1n) is 4.18. The van der Waals surface area contributed by atoms with Crippen LogP contribution in [0, 0.1) is 13.8 Å².